The van der Waals surface area contributed by atoms with E-state index in [9.17, 15) is 14.4 Å². The number of esters is 3. The van der Waals surface area contributed by atoms with E-state index in [0.717, 1.165) is 57.8 Å². The minimum atomic E-state index is -0.762. The molecule has 0 amide bonds. The van der Waals surface area contributed by atoms with E-state index in [4.69, 9.17) is 14.2 Å². The molecule has 0 heterocycles. The first-order valence-electron chi connectivity index (χ1n) is 33.5. The molecular formula is C67H130O6. The summed E-state index contributed by atoms with van der Waals surface area (Å²) in [4.78, 5) is 38.2. The molecule has 0 aromatic rings. The Morgan fingerprint density at radius 3 is 0.548 bits per heavy atom. The van der Waals surface area contributed by atoms with Gasteiger partial charge < -0.3 is 14.2 Å². The van der Waals surface area contributed by atoms with Gasteiger partial charge in [-0.2, -0.15) is 0 Å². The average molecular weight is 1030 g/mol. The molecule has 0 saturated carbocycles. The van der Waals surface area contributed by atoms with E-state index in [2.05, 4.69) is 20.8 Å². The number of rotatable bonds is 63. The van der Waals surface area contributed by atoms with Crippen LogP contribution in [0.4, 0.5) is 0 Å². The van der Waals surface area contributed by atoms with Crippen LogP contribution in [-0.2, 0) is 28.6 Å². The van der Waals surface area contributed by atoms with Crippen molar-refractivity contribution in [2.45, 2.75) is 399 Å². The van der Waals surface area contributed by atoms with Gasteiger partial charge in [-0.15, -0.1) is 0 Å². The van der Waals surface area contributed by atoms with E-state index >= 15 is 0 Å². The Balaban J connectivity index is 4.09. The highest BCUT2D eigenvalue weighted by Gasteiger charge is 2.19. The van der Waals surface area contributed by atoms with E-state index in [0.29, 0.717) is 19.3 Å². The molecule has 0 aromatic carbocycles. The van der Waals surface area contributed by atoms with Gasteiger partial charge in [0.1, 0.15) is 13.2 Å². The Kier molecular flexibility index (Phi) is 61.6. The lowest BCUT2D eigenvalue weighted by atomic mass is 10.0. The average Bonchev–Trinajstić information content (AvgIpc) is 3.39. The maximum Gasteiger partial charge on any atom is 0.306 e. The molecule has 0 radical (unpaired) electrons. The van der Waals surface area contributed by atoms with Crippen molar-refractivity contribution >= 4 is 17.9 Å². The fraction of sp³-hybridized carbons (Fsp3) is 0.955. The van der Waals surface area contributed by atoms with Gasteiger partial charge >= 0.3 is 17.9 Å². The lowest BCUT2D eigenvalue weighted by molar-refractivity contribution is -0.167. The van der Waals surface area contributed by atoms with Crippen molar-refractivity contribution < 1.29 is 28.6 Å². The molecule has 0 spiro atoms. The predicted octanol–water partition coefficient (Wildman–Crippen LogP) is 22.7. The third-order valence-electron chi connectivity index (χ3n) is 15.6. The molecule has 0 aliphatic rings. The molecule has 0 aliphatic carbocycles. The molecule has 0 rings (SSSR count). The lowest BCUT2D eigenvalue weighted by Gasteiger charge is -2.18. The first kappa shape index (κ1) is 71.4. The maximum absolute atomic E-state index is 12.9. The molecule has 0 bridgehead atoms. The van der Waals surface area contributed by atoms with Crippen molar-refractivity contribution in [3.05, 3.63) is 0 Å². The van der Waals surface area contributed by atoms with Gasteiger partial charge in [0.05, 0.1) is 0 Å². The number of carbonyl (C=O) groups is 3. The van der Waals surface area contributed by atoms with Crippen LogP contribution in [0, 0.1) is 0 Å². The van der Waals surface area contributed by atoms with E-state index in [-0.39, 0.29) is 31.1 Å². The van der Waals surface area contributed by atoms with Gasteiger partial charge in [0.25, 0.3) is 0 Å². The van der Waals surface area contributed by atoms with Crippen LogP contribution < -0.4 is 0 Å². The molecule has 1 unspecified atom stereocenters. The minimum Gasteiger partial charge on any atom is -0.462 e. The second-order valence-electron chi connectivity index (χ2n) is 23.1. The molecule has 0 aromatic heterocycles. The molecular weight excluding hydrogens is 901 g/mol. The summed E-state index contributed by atoms with van der Waals surface area (Å²) in [5.41, 5.74) is 0. The SMILES string of the molecule is CCCCCCCCCCCCCCCCCCCCCCCCCCCCCCC(=O)OCC(COC(=O)CCCCCCCCCCCCC)OC(=O)CCCCCCCCCCCCCCCCCC. The largest absolute Gasteiger partial charge is 0.462 e. The third kappa shape index (κ3) is 61.1. The Labute approximate surface area is 457 Å². The van der Waals surface area contributed by atoms with Gasteiger partial charge in [-0.1, -0.05) is 355 Å². The van der Waals surface area contributed by atoms with Crippen LogP contribution >= 0.6 is 0 Å². The van der Waals surface area contributed by atoms with Gasteiger partial charge in [-0.25, -0.2) is 0 Å². The molecule has 0 N–H and O–H groups in total. The number of hydrogen-bond donors (Lipinski definition) is 0. The van der Waals surface area contributed by atoms with E-state index in [1.54, 1.807) is 0 Å². The summed E-state index contributed by atoms with van der Waals surface area (Å²) in [5.74, 6) is -0.827. The molecule has 1 atom stereocenters. The summed E-state index contributed by atoms with van der Waals surface area (Å²) in [6.07, 6.45) is 72.8. The van der Waals surface area contributed by atoms with Crippen LogP contribution in [0.15, 0.2) is 0 Å². The summed E-state index contributed by atoms with van der Waals surface area (Å²) in [6.45, 7) is 6.72. The highest BCUT2D eigenvalue weighted by molar-refractivity contribution is 5.71. The summed E-state index contributed by atoms with van der Waals surface area (Å²) in [5, 5.41) is 0. The summed E-state index contributed by atoms with van der Waals surface area (Å²) < 4.78 is 16.9. The van der Waals surface area contributed by atoms with Crippen LogP contribution in [0.25, 0.3) is 0 Å². The quantitative estimate of drug-likeness (QED) is 0.0343. The second-order valence-corrected chi connectivity index (χ2v) is 23.1. The zero-order chi connectivity index (χ0) is 52.9. The number of hydrogen-bond acceptors (Lipinski definition) is 6. The maximum atomic E-state index is 12.9. The highest BCUT2D eigenvalue weighted by Crippen LogP contribution is 2.19. The standard InChI is InChI=1S/C67H130O6/c1-4-7-10-13-16-19-22-24-26-28-29-30-31-32-33-34-35-36-37-38-39-41-42-45-48-51-54-57-60-66(69)72-63-64(62-71-65(68)59-56-53-50-47-44-21-18-15-12-9-6-3)73-67(70)61-58-55-52-49-46-43-40-27-25-23-20-17-14-11-8-5-2/h64H,4-63H2,1-3H3. The van der Waals surface area contributed by atoms with Crippen molar-refractivity contribution in [2.75, 3.05) is 13.2 Å². The molecule has 6 nitrogen and oxygen atoms in total. The van der Waals surface area contributed by atoms with E-state index in [1.165, 1.54) is 295 Å². The van der Waals surface area contributed by atoms with Crippen LogP contribution in [0.2, 0.25) is 0 Å². The Hall–Kier alpha value is -1.59. The van der Waals surface area contributed by atoms with Crippen molar-refractivity contribution in [1.29, 1.82) is 0 Å². The Bertz CT molecular complexity index is 1090. The monoisotopic (exact) mass is 1030 g/mol. The van der Waals surface area contributed by atoms with Crippen molar-refractivity contribution in [1.82, 2.24) is 0 Å². The van der Waals surface area contributed by atoms with E-state index in [1.807, 2.05) is 0 Å². The topological polar surface area (TPSA) is 78.9 Å². The van der Waals surface area contributed by atoms with Gasteiger partial charge in [-0.05, 0) is 19.3 Å². The minimum absolute atomic E-state index is 0.0607. The van der Waals surface area contributed by atoms with Gasteiger partial charge in [0.15, 0.2) is 6.10 Å². The fourth-order valence-electron chi connectivity index (χ4n) is 10.6. The predicted molar refractivity (Wildman–Crippen MR) is 317 cm³/mol. The normalized spacial score (nSPS) is 11.9. The van der Waals surface area contributed by atoms with Crippen molar-refractivity contribution in [2.24, 2.45) is 0 Å². The van der Waals surface area contributed by atoms with Crippen LogP contribution in [0.3, 0.4) is 0 Å². The fourth-order valence-corrected chi connectivity index (χ4v) is 10.6. The van der Waals surface area contributed by atoms with Gasteiger partial charge in [0, 0.05) is 19.3 Å². The lowest BCUT2D eigenvalue weighted by Crippen LogP contribution is -2.30. The Morgan fingerprint density at radius 1 is 0.219 bits per heavy atom. The highest BCUT2D eigenvalue weighted by atomic mass is 16.6. The molecule has 0 saturated heterocycles. The Morgan fingerprint density at radius 2 is 0.370 bits per heavy atom. The molecule has 6 heteroatoms. The van der Waals surface area contributed by atoms with Crippen LogP contribution in [0.5, 0.6) is 0 Å². The number of carbonyl (C=O) groups excluding carboxylic acids is 3. The zero-order valence-electron chi connectivity index (χ0n) is 50.0. The van der Waals surface area contributed by atoms with Gasteiger partial charge in [-0.3, -0.25) is 14.4 Å². The summed E-state index contributed by atoms with van der Waals surface area (Å²) in [6, 6.07) is 0. The van der Waals surface area contributed by atoms with Crippen molar-refractivity contribution in [3.63, 3.8) is 0 Å². The number of ether oxygens (including phenoxy) is 3. The number of unbranched alkanes of at least 4 members (excludes halogenated alkanes) is 52. The first-order valence-corrected chi connectivity index (χ1v) is 33.5. The summed E-state index contributed by atoms with van der Waals surface area (Å²) >= 11 is 0. The van der Waals surface area contributed by atoms with E-state index < -0.39 is 6.10 Å². The molecule has 73 heavy (non-hydrogen) atoms. The third-order valence-corrected chi connectivity index (χ3v) is 15.6. The van der Waals surface area contributed by atoms with Crippen LogP contribution in [-0.4, -0.2) is 37.2 Å². The smallest absolute Gasteiger partial charge is 0.306 e. The van der Waals surface area contributed by atoms with Crippen molar-refractivity contribution in [3.8, 4) is 0 Å². The molecule has 0 aliphatic heterocycles. The zero-order valence-corrected chi connectivity index (χ0v) is 50.0. The second kappa shape index (κ2) is 62.9. The van der Waals surface area contributed by atoms with Crippen LogP contribution in [0.1, 0.15) is 393 Å². The summed E-state index contributed by atoms with van der Waals surface area (Å²) in [7, 11) is 0. The van der Waals surface area contributed by atoms with Gasteiger partial charge in [0.2, 0.25) is 0 Å². The first-order chi connectivity index (χ1) is 36.0. The molecule has 434 valence electrons. The molecule has 0 fully saturated rings.